The van der Waals surface area contributed by atoms with Gasteiger partial charge in [0, 0.05) is 25.8 Å². The number of aryl methyl sites for hydroxylation is 1. The molecule has 0 saturated carbocycles. The third kappa shape index (κ3) is 3.65. The molecule has 0 amide bonds. The van der Waals surface area contributed by atoms with Gasteiger partial charge in [0.25, 0.3) is 0 Å². The quantitative estimate of drug-likeness (QED) is 0.779. The van der Waals surface area contributed by atoms with E-state index in [1.54, 1.807) is 4.68 Å². The molecular formula is C13H18N4O. The zero-order chi connectivity index (χ0) is 12.8. The van der Waals surface area contributed by atoms with Crippen molar-refractivity contribution < 1.29 is 5.11 Å². The van der Waals surface area contributed by atoms with Crippen molar-refractivity contribution in [2.45, 2.75) is 19.0 Å². The molecule has 2 aromatic rings. The van der Waals surface area contributed by atoms with Gasteiger partial charge in [-0.1, -0.05) is 35.5 Å². The van der Waals surface area contributed by atoms with Crippen LogP contribution >= 0.6 is 0 Å². The first kappa shape index (κ1) is 12.7. The highest BCUT2D eigenvalue weighted by molar-refractivity contribution is 5.15. The Labute approximate surface area is 106 Å². The largest absolute Gasteiger partial charge is 0.395 e. The van der Waals surface area contributed by atoms with Gasteiger partial charge in [-0.25, -0.2) is 0 Å². The van der Waals surface area contributed by atoms with Crippen LogP contribution in [-0.2, 0) is 20.0 Å². The average molecular weight is 246 g/mol. The van der Waals surface area contributed by atoms with E-state index in [1.165, 1.54) is 5.56 Å². The Morgan fingerprint density at radius 3 is 2.72 bits per heavy atom. The van der Waals surface area contributed by atoms with Crippen LogP contribution < -0.4 is 5.32 Å². The summed E-state index contributed by atoms with van der Waals surface area (Å²) < 4.78 is 1.67. The fourth-order valence-corrected chi connectivity index (χ4v) is 1.83. The summed E-state index contributed by atoms with van der Waals surface area (Å²) in [5, 5.41) is 20.5. The third-order valence-corrected chi connectivity index (χ3v) is 2.77. The second-order valence-electron chi connectivity index (χ2n) is 4.33. The first-order valence-electron chi connectivity index (χ1n) is 6.01. The lowest BCUT2D eigenvalue weighted by atomic mass is 10.1. The lowest BCUT2D eigenvalue weighted by Crippen LogP contribution is -2.34. The molecule has 18 heavy (non-hydrogen) atoms. The maximum absolute atomic E-state index is 9.37. The molecule has 0 fully saturated rings. The van der Waals surface area contributed by atoms with Crippen LogP contribution in [0.5, 0.6) is 0 Å². The molecule has 2 N–H and O–H groups in total. The average Bonchev–Trinajstić information content (AvgIpc) is 2.81. The molecule has 1 atom stereocenters. The number of aliphatic hydroxyl groups is 1. The molecule has 0 aliphatic rings. The number of benzene rings is 1. The molecule has 0 aliphatic heterocycles. The van der Waals surface area contributed by atoms with Crippen molar-refractivity contribution in [2.75, 3.05) is 6.61 Å². The van der Waals surface area contributed by atoms with E-state index in [1.807, 2.05) is 31.4 Å². The first-order chi connectivity index (χ1) is 8.78. The van der Waals surface area contributed by atoms with Gasteiger partial charge in [0.15, 0.2) is 0 Å². The first-order valence-corrected chi connectivity index (χ1v) is 6.01. The fraction of sp³-hybridized carbons (Fsp3) is 0.385. The van der Waals surface area contributed by atoms with Gasteiger partial charge in [-0.15, -0.1) is 5.10 Å². The van der Waals surface area contributed by atoms with Gasteiger partial charge < -0.3 is 10.4 Å². The van der Waals surface area contributed by atoms with Gasteiger partial charge in [0.1, 0.15) is 0 Å². The summed E-state index contributed by atoms with van der Waals surface area (Å²) in [4.78, 5) is 0. The summed E-state index contributed by atoms with van der Waals surface area (Å²) >= 11 is 0. The highest BCUT2D eigenvalue weighted by Crippen LogP contribution is 2.03. The van der Waals surface area contributed by atoms with E-state index in [-0.39, 0.29) is 12.6 Å². The van der Waals surface area contributed by atoms with Crippen LogP contribution in [0.2, 0.25) is 0 Å². The lowest BCUT2D eigenvalue weighted by Gasteiger charge is -2.15. The second kappa shape index (κ2) is 6.28. The maximum atomic E-state index is 9.37. The summed E-state index contributed by atoms with van der Waals surface area (Å²) in [6.07, 6.45) is 2.67. The standard InChI is InChI=1S/C13H18N4O/c1-17-9-13(15-16-17)8-14-12(10-18)7-11-5-3-2-4-6-11/h2-6,9,12,14,18H,7-8,10H2,1H3/t12-/m1/s1. The molecule has 0 aliphatic carbocycles. The third-order valence-electron chi connectivity index (χ3n) is 2.77. The van der Waals surface area contributed by atoms with Crippen molar-refractivity contribution in [3.8, 4) is 0 Å². The fourth-order valence-electron chi connectivity index (χ4n) is 1.83. The molecule has 5 heteroatoms. The summed E-state index contributed by atoms with van der Waals surface area (Å²) in [5.74, 6) is 0. The minimum absolute atomic E-state index is 0.0365. The Hall–Kier alpha value is -1.72. The molecule has 0 unspecified atom stereocenters. The lowest BCUT2D eigenvalue weighted by molar-refractivity contribution is 0.240. The van der Waals surface area contributed by atoms with Gasteiger partial charge in [-0.05, 0) is 12.0 Å². The van der Waals surface area contributed by atoms with Gasteiger partial charge >= 0.3 is 0 Å². The van der Waals surface area contributed by atoms with E-state index in [9.17, 15) is 5.11 Å². The smallest absolute Gasteiger partial charge is 0.0964 e. The molecule has 2 rings (SSSR count). The van der Waals surface area contributed by atoms with Crippen LogP contribution in [0.4, 0.5) is 0 Å². The predicted molar refractivity (Wildman–Crippen MR) is 68.9 cm³/mol. The van der Waals surface area contributed by atoms with E-state index in [2.05, 4.69) is 27.8 Å². The van der Waals surface area contributed by atoms with Crippen molar-refractivity contribution in [2.24, 2.45) is 7.05 Å². The van der Waals surface area contributed by atoms with Crippen LogP contribution in [0.15, 0.2) is 36.5 Å². The molecular weight excluding hydrogens is 228 g/mol. The van der Waals surface area contributed by atoms with E-state index in [0.717, 1.165) is 12.1 Å². The predicted octanol–water partition coefficient (Wildman–Crippen LogP) is 0.508. The van der Waals surface area contributed by atoms with Crippen LogP contribution in [0.1, 0.15) is 11.3 Å². The van der Waals surface area contributed by atoms with Crippen molar-refractivity contribution in [1.82, 2.24) is 20.3 Å². The summed E-state index contributed by atoms with van der Waals surface area (Å²) in [6, 6.07) is 10.2. The number of aliphatic hydroxyl groups excluding tert-OH is 1. The SMILES string of the molecule is Cn1cc(CN[C@@H](CO)Cc2ccccc2)nn1. The van der Waals surface area contributed by atoms with Crippen LogP contribution in [0, 0.1) is 0 Å². The summed E-state index contributed by atoms with van der Waals surface area (Å²) in [7, 11) is 1.84. The molecule has 0 bridgehead atoms. The number of hydrogen-bond acceptors (Lipinski definition) is 4. The molecule has 0 spiro atoms. The van der Waals surface area contributed by atoms with E-state index < -0.39 is 0 Å². The highest BCUT2D eigenvalue weighted by atomic mass is 16.3. The Balaban J connectivity index is 1.86. The molecule has 96 valence electrons. The Morgan fingerprint density at radius 1 is 1.33 bits per heavy atom. The van der Waals surface area contributed by atoms with E-state index in [0.29, 0.717) is 6.54 Å². The Bertz CT molecular complexity index is 469. The van der Waals surface area contributed by atoms with E-state index in [4.69, 9.17) is 0 Å². The van der Waals surface area contributed by atoms with Crippen LogP contribution in [-0.4, -0.2) is 32.7 Å². The Morgan fingerprint density at radius 2 is 2.11 bits per heavy atom. The maximum Gasteiger partial charge on any atom is 0.0964 e. The molecule has 0 saturated heterocycles. The summed E-state index contributed by atoms with van der Waals surface area (Å²) in [5.41, 5.74) is 2.09. The second-order valence-corrected chi connectivity index (χ2v) is 4.33. The number of nitrogens with zero attached hydrogens (tertiary/aromatic N) is 3. The molecule has 1 aromatic carbocycles. The number of nitrogens with one attached hydrogen (secondary N) is 1. The zero-order valence-corrected chi connectivity index (χ0v) is 10.5. The van der Waals surface area contributed by atoms with Crippen molar-refractivity contribution >= 4 is 0 Å². The van der Waals surface area contributed by atoms with Crippen molar-refractivity contribution in [3.63, 3.8) is 0 Å². The molecule has 1 heterocycles. The Kier molecular flexibility index (Phi) is 4.44. The van der Waals surface area contributed by atoms with Gasteiger partial charge in [-0.3, -0.25) is 4.68 Å². The summed E-state index contributed by atoms with van der Waals surface area (Å²) in [6.45, 7) is 0.723. The molecule has 1 aromatic heterocycles. The van der Waals surface area contributed by atoms with E-state index >= 15 is 0 Å². The topological polar surface area (TPSA) is 63.0 Å². The highest BCUT2D eigenvalue weighted by Gasteiger charge is 2.08. The zero-order valence-electron chi connectivity index (χ0n) is 10.5. The molecule has 0 radical (unpaired) electrons. The van der Waals surface area contributed by atoms with Gasteiger partial charge in [0.05, 0.1) is 12.3 Å². The van der Waals surface area contributed by atoms with Crippen LogP contribution in [0.3, 0.4) is 0 Å². The number of hydrogen-bond donors (Lipinski definition) is 2. The van der Waals surface area contributed by atoms with Gasteiger partial charge in [0.2, 0.25) is 0 Å². The minimum atomic E-state index is 0.0365. The number of aromatic nitrogens is 3. The van der Waals surface area contributed by atoms with Crippen molar-refractivity contribution in [3.05, 3.63) is 47.8 Å². The molecule has 5 nitrogen and oxygen atoms in total. The van der Waals surface area contributed by atoms with Gasteiger partial charge in [-0.2, -0.15) is 0 Å². The minimum Gasteiger partial charge on any atom is -0.395 e. The number of rotatable bonds is 6. The van der Waals surface area contributed by atoms with Crippen molar-refractivity contribution in [1.29, 1.82) is 0 Å². The normalized spacial score (nSPS) is 12.6. The van der Waals surface area contributed by atoms with Crippen LogP contribution in [0.25, 0.3) is 0 Å². The monoisotopic (exact) mass is 246 g/mol.